The number of rotatable bonds is 6. The van der Waals surface area contributed by atoms with E-state index in [2.05, 4.69) is 5.32 Å². The molecule has 4 nitrogen and oxygen atoms in total. The molecule has 0 saturated carbocycles. The SMILES string of the molecule is Br.O=[N+]([O-])c1ccccc1CNCCc1ccc(Cl)cc1. The van der Waals surface area contributed by atoms with E-state index in [-0.39, 0.29) is 27.6 Å². The standard InChI is InChI=1S/C15H15ClN2O2.BrH/c16-14-7-5-12(6-8-14)9-10-17-11-13-3-1-2-4-15(13)18(19)20;/h1-8,17H,9-11H2;1H. The van der Waals surface area contributed by atoms with E-state index in [1.165, 1.54) is 11.6 Å². The van der Waals surface area contributed by atoms with Crippen molar-refractivity contribution in [3.8, 4) is 0 Å². The molecule has 0 fully saturated rings. The van der Waals surface area contributed by atoms with Gasteiger partial charge in [-0.15, -0.1) is 17.0 Å². The highest BCUT2D eigenvalue weighted by Gasteiger charge is 2.11. The topological polar surface area (TPSA) is 55.2 Å². The first kappa shape index (κ1) is 17.6. The molecule has 0 spiro atoms. The van der Waals surface area contributed by atoms with Crippen LogP contribution in [-0.2, 0) is 13.0 Å². The molecule has 0 atom stereocenters. The summed E-state index contributed by atoms with van der Waals surface area (Å²) in [6.07, 6.45) is 0.859. The fourth-order valence-electron chi connectivity index (χ4n) is 1.95. The van der Waals surface area contributed by atoms with Crippen LogP contribution in [0, 0.1) is 10.1 Å². The van der Waals surface area contributed by atoms with Gasteiger partial charge in [0.05, 0.1) is 4.92 Å². The minimum Gasteiger partial charge on any atom is -0.312 e. The van der Waals surface area contributed by atoms with Crippen LogP contribution in [0.15, 0.2) is 48.5 Å². The third-order valence-electron chi connectivity index (χ3n) is 3.01. The number of nitrogens with one attached hydrogen (secondary N) is 1. The predicted octanol–water partition coefficient (Wildman–Crippen LogP) is 4.16. The van der Waals surface area contributed by atoms with E-state index in [1.807, 2.05) is 30.3 Å². The monoisotopic (exact) mass is 370 g/mol. The van der Waals surface area contributed by atoms with Gasteiger partial charge in [-0.05, 0) is 30.7 Å². The second kappa shape index (κ2) is 8.77. The molecule has 0 bridgehead atoms. The summed E-state index contributed by atoms with van der Waals surface area (Å²) >= 11 is 5.82. The summed E-state index contributed by atoms with van der Waals surface area (Å²) in [7, 11) is 0. The normalized spacial score (nSPS) is 9.95. The average molecular weight is 372 g/mol. The van der Waals surface area contributed by atoms with Crippen LogP contribution in [0.1, 0.15) is 11.1 Å². The van der Waals surface area contributed by atoms with E-state index < -0.39 is 0 Å². The number of hydrogen-bond donors (Lipinski definition) is 1. The second-order valence-electron chi connectivity index (χ2n) is 4.44. The number of nitrogens with zero attached hydrogens (tertiary/aromatic N) is 1. The van der Waals surface area contributed by atoms with Crippen LogP contribution in [-0.4, -0.2) is 11.5 Å². The fourth-order valence-corrected chi connectivity index (χ4v) is 2.07. The first-order valence-corrected chi connectivity index (χ1v) is 6.72. The van der Waals surface area contributed by atoms with Gasteiger partial charge in [0.2, 0.25) is 0 Å². The molecular weight excluding hydrogens is 356 g/mol. The Morgan fingerprint density at radius 3 is 2.43 bits per heavy atom. The van der Waals surface area contributed by atoms with Gasteiger partial charge in [0.25, 0.3) is 5.69 Å². The molecule has 0 heterocycles. The van der Waals surface area contributed by atoms with Crippen molar-refractivity contribution in [1.82, 2.24) is 5.32 Å². The van der Waals surface area contributed by atoms with Crippen molar-refractivity contribution in [1.29, 1.82) is 0 Å². The molecule has 0 radical (unpaired) electrons. The van der Waals surface area contributed by atoms with Gasteiger partial charge in [0.1, 0.15) is 0 Å². The molecule has 0 unspecified atom stereocenters. The largest absolute Gasteiger partial charge is 0.312 e. The zero-order chi connectivity index (χ0) is 14.4. The molecule has 2 rings (SSSR count). The summed E-state index contributed by atoms with van der Waals surface area (Å²) in [5, 5.41) is 14.8. The molecule has 1 N–H and O–H groups in total. The molecule has 0 aliphatic heterocycles. The fraction of sp³-hybridized carbons (Fsp3) is 0.200. The Hall–Kier alpha value is -1.43. The molecular formula is C15H16BrClN2O2. The Morgan fingerprint density at radius 1 is 1.10 bits per heavy atom. The van der Waals surface area contributed by atoms with E-state index in [9.17, 15) is 10.1 Å². The molecule has 0 aliphatic carbocycles. The first-order chi connectivity index (χ1) is 9.66. The van der Waals surface area contributed by atoms with Crippen molar-refractivity contribution in [2.24, 2.45) is 0 Å². The minimum atomic E-state index is -0.351. The second-order valence-corrected chi connectivity index (χ2v) is 4.88. The molecule has 0 amide bonds. The van der Waals surface area contributed by atoms with Crippen LogP contribution in [0.25, 0.3) is 0 Å². The number of benzene rings is 2. The summed E-state index contributed by atoms with van der Waals surface area (Å²) in [5.41, 5.74) is 2.05. The lowest BCUT2D eigenvalue weighted by atomic mass is 10.1. The van der Waals surface area contributed by atoms with Crippen molar-refractivity contribution in [2.75, 3.05) is 6.54 Å². The lowest BCUT2D eigenvalue weighted by Crippen LogP contribution is -2.17. The number of para-hydroxylation sites is 1. The summed E-state index contributed by atoms with van der Waals surface area (Å²) in [5.74, 6) is 0. The molecule has 0 aliphatic rings. The third kappa shape index (κ3) is 5.46. The molecule has 21 heavy (non-hydrogen) atoms. The van der Waals surface area contributed by atoms with Crippen molar-refractivity contribution in [2.45, 2.75) is 13.0 Å². The molecule has 112 valence electrons. The molecule has 2 aromatic rings. The number of nitro groups is 1. The summed E-state index contributed by atoms with van der Waals surface area (Å²) < 4.78 is 0. The Morgan fingerprint density at radius 2 is 1.76 bits per heavy atom. The van der Waals surface area contributed by atoms with Crippen LogP contribution in [0.3, 0.4) is 0 Å². The van der Waals surface area contributed by atoms with Gasteiger partial charge in [-0.3, -0.25) is 10.1 Å². The first-order valence-electron chi connectivity index (χ1n) is 6.34. The average Bonchev–Trinajstić information content (AvgIpc) is 2.46. The quantitative estimate of drug-likeness (QED) is 0.471. The third-order valence-corrected chi connectivity index (χ3v) is 3.26. The van der Waals surface area contributed by atoms with Gasteiger partial charge < -0.3 is 5.32 Å². The summed E-state index contributed by atoms with van der Waals surface area (Å²) in [4.78, 5) is 10.5. The maximum Gasteiger partial charge on any atom is 0.273 e. The lowest BCUT2D eigenvalue weighted by Gasteiger charge is -2.06. The van der Waals surface area contributed by atoms with Crippen molar-refractivity contribution in [3.63, 3.8) is 0 Å². The van der Waals surface area contributed by atoms with Crippen molar-refractivity contribution < 1.29 is 4.92 Å². The van der Waals surface area contributed by atoms with E-state index in [0.29, 0.717) is 12.1 Å². The molecule has 6 heteroatoms. The highest BCUT2D eigenvalue weighted by molar-refractivity contribution is 8.93. The van der Waals surface area contributed by atoms with Crippen molar-refractivity contribution >= 4 is 34.3 Å². The summed E-state index contributed by atoms with van der Waals surface area (Å²) in [6.45, 7) is 1.25. The Labute approximate surface area is 139 Å². The van der Waals surface area contributed by atoms with E-state index in [4.69, 9.17) is 11.6 Å². The van der Waals surface area contributed by atoms with Crippen LogP contribution in [0.2, 0.25) is 5.02 Å². The van der Waals surface area contributed by atoms with Gasteiger partial charge in [-0.2, -0.15) is 0 Å². The van der Waals surface area contributed by atoms with Crippen molar-refractivity contribution in [3.05, 3.63) is 74.8 Å². The Bertz CT molecular complexity index is 590. The van der Waals surface area contributed by atoms with Gasteiger partial charge in [-0.1, -0.05) is 41.9 Å². The van der Waals surface area contributed by atoms with Gasteiger partial charge in [-0.25, -0.2) is 0 Å². The zero-order valence-corrected chi connectivity index (χ0v) is 13.8. The maximum atomic E-state index is 10.9. The highest BCUT2D eigenvalue weighted by atomic mass is 79.9. The van der Waals surface area contributed by atoms with Gasteiger partial charge in [0, 0.05) is 23.2 Å². The maximum absolute atomic E-state index is 10.9. The van der Waals surface area contributed by atoms with Gasteiger partial charge >= 0.3 is 0 Å². The zero-order valence-electron chi connectivity index (χ0n) is 11.3. The molecule has 2 aromatic carbocycles. The van der Waals surface area contributed by atoms with Crippen LogP contribution in [0.5, 0.6) is 0 Å². The Balaban J connectivity index is 0.00000220. The van der Waals surface area contributed by atoms with E-state index in [0.717, 1.165) is 18.0 Å². The smallest absolute Gasteiger partial charge is 0.273 e. The molecule has 0 aromatic heterocycles. The van der Waals surface area contributed by atoms with E-state index in [1.54, 1.807) is 12.1 Å². The molecule has 0 saturated heterocycles. The number of halogens is 2. The predicted molar refractivity (Wildman–Crippen MR) is 90.3 cm³/mol. The van der Waals surface area contributed by atoms with Crippen LogP contribution in [0.4, 0.5) is 5.69 Å². The van der Waals surface area contributed by atoms with Crippen LogP contribution >= 0.6 is 28.6 Å². The lowest BCUT2D eigenvalue weighted by molar-refractivity contribution is -0.385. The number of nitro benzene ring substituents is 1. The van der Waals surface area contributed by atoms with Crippen LogP contribution < -0.4 is 5.32 Å². The minimum absolute atomic E-state index is 0. The van der Waals surface area contributed by atoms with Gasteiger partial charge in [0.15, 0.2) is 0 Å². The van der Waals surface area contributed by atoms with E-state index >= 15 is 0 Å². The number of hydrogen-bond acceptors (Lipinski definition) is 3. The Kier molecular flexibility index (Phi) is 7.36. The highest BCUT2D eigenvalue weighted by Crippen LogP contribution is 2.17. The summed E-state index contributed by atoms with van der Waals surface area (Å²) in [6, 6.07) is 14.5.